The van der Waals surface area contributed by atoms with Gasteiger partial charge in [0.25, 0.3) is 0 Å². The molecule has 0 rings (SSSR count). The third kappa shape index (κ3) is 7.50. The molecule has 7 nitrogen and oxygen atoms in total. The molecule has 0 fully saturated rings. The van der Waals surface area contributed by atoms with Crippen molar-refractivity contribution in [1.82, 2.24) is 0 Å². The van der Waals surface area contributed by atoms with Gasteiger partial charge < -0.3 is 25.3 Å². The summed E-state index contributed by atoms with van der Waals surface area (Å²) in [5.74, 6) is 0. The van der Waals surface area contributed by atoms with Crippen LogP contribution in [0.4, 0.5) is 0 Å². The number of hydrogen-bond donors (Lipinski definition) is 5. The van der Waals surface area contributed by atoms with Crippen molar-refractivity contribution in [3.8, 4) is 0 Å². The predicted octanol–water partition coefficient (Wildman–Crippen LogP) is 1.71. The van der Waals surface area contributed by atoms with Crippen molar-refractivity contribution in [3.05, 3.63) is 0 Å². The van der Waals surface area contributed by atoms with Crippen molar-refractivity contribution >= 4 is 44.7 Å². The maximum Gasteiger partial charge on any atom is 0.357 e. The minimum Gasteiger partial charge on any atom is -0.323 e. The van der Waals surface area contributed by atoms with Crippen LogP contribution in [0.15, 0.2) is 0 Å². The quantitative estimate of drug-likeness (QED) is 0.231. The standard InChI is InChI=1S/C10H25NO6P2.Na/c1-2-3-4-5-6-7-8-9-10(11,18(12,13)14)19(15,16)17;/h2-9,11H2,1H3,(H2,12,13,14)(H2,15,16,17);. The molecule has 0 saturated heterocycles. The monoisotopic (exact) mass is 340 g/mol. The Labute approximate surface area is 142 Å². The Morgan fingerprint density at radius 3 is 1.55 bits per heavy atom. The molecule has 0 unspecified atom stereocenters. The van der Waals surface area contributed by atoms with Gasteiger partial charge in [-0.15, -0.1) is 0 Å². The van der Waals surface area contributed by atoms with Crippen LogP contribution in [0.1, 0.15) is 58.3 Å². The van der Waals surface area contributed by atoms with Crippen molar-refractivity contribution < 1.29 is 28.7 Å². The minimum absolute atomic E-state index is 0. The summed E-state index contributed by atoms with van der Waals surface area (Å²) in [7, 11) is -10.1. The van der Waals surface area contributed by atoms with Gasteiger partial charge in [-0.3, -0.25) is 9.13 Å². The molecule has 0 saturated carbocycles. The molecule has 0 amide bonds. The maximum atomic E-state index is 11.2. The zero-order valence-electron chi connectivity index (χ0n) is 12.2. The Kier molecular flexibility index (Phi) is 11.9. The first-order valence-electron chi connectivity index (χ1n) is 6.46. The van der Waals surface area contributed by atoms with E-state index in [2.05, 4.69) is 6.92 Å². The average molecular weight is 340 g/mol. The van der Waals surface area contributed by atoms with Crippen molar-refractivity contribution in [1.29, 1.82) is 0 Å². The van der Waals surface area contributed by atoms with E-state index in [4.69, 9.17) is 25.3 Å². The molecule has 0 aromatic rings. The third-order valence-corrected chi connectivity index (χ3v) is 7.19. The molecule has 0 atom stereocenters. The van der Waals surface area contributed by atoms with E-state index in [-0.39, 0.29) is 36.0 Å². The zero-order chi connectivity index (χ0) is 15.2. The fraction of sp³-hybridized carbons (Fsp3) is 1.00. The smallest absolute Gasteiger partial charge is 0.323 e. The van der Waals surface area contributed by atoms with Crippen LogP contribution in [0, 0.1) is 0 Å². The normalized spacial score (nSPS) is 13.1. The molecule has 117 valence electrons. The van der Waals surface area contributed by atoms with Crippen LogP contribution >= 0.6 is 15.2 Å². The molecule has 10 heteroatoms. The minimum atomic E-state index is -5.06. The van der Waals surface area contributed by atoms with Crippen LogP contribution in [-0.2, 0) is 9.13 Å². The molecule has 0 aliphatic carbocycles. The molecule has 0 heterocycles. The number of unbranched alkanes of at least 4 members (excludes halogenated alkanes) is 6. The van der Waals surface area contributed by atoms with Gasteiger partial charge >= 0.3 is 15.2 Å². The molecule has 6 N–H and O–H groups in total. The third-order valence-electron chi connectivity index (χ3n) is 3.16. The van der Waals surface area contributed by atoms with E-state index >= 15 is 0 Å². The van der Waals surface area contributed by atoms with E-state index in [0.29, 0.717) is 12.8 Å². The molecular weight excluding hydrogens is 315 g/mol. The summed E-state index contributed by atoms with van der Waals surface area (Å²) >= 11 is 0. The Bertz CT molecular complexity index is 334. The van der Waals surface area contributed by atoms with Crippen LogP contribution in [0.5, 0.6) is 0 Å². The van der Waals surface area contributed by atoms with Gasteiger partial charge in [0.1, 0.15) is 0 Å². The molecular formula is C10H25NNaO6P2. The topological polar surface area (TPSA) is 141 Å². The maximum absolute atomic E-state index is 11.2. The largest absolute Gasteiger partial charge is 0.357 e. The first-order valence-corrected chi connectivity index (χ1v) is 9.69. The fourth-order valence-electron chi connectivity index (χ4n) is 1.80. The number of hydrogen-bond acceptors (Lipinski definition) is 3. The summed E-state index contributed by atoms with van der Waals surface area (Å²) in [6.45, 7) is 2.10. The van der Waals surface area contributed by atoms with Crippen molar-refractivity contribution in [2.75, 3.05) is 0 Å². The average Bonchev–Trinajstić information content (AvgIpc) is 2.24. The van der Waals surface area contributed by atoms with Gasteiger partial charge in [-0.2, -0.15) is 0 Å². The molecule has 0 aromatic carbocycles. The van der Waals surface area contributed by atoms with Crippen molar-refractivity contribution in [3.63, 3.8) is 0 Å². The van der Waals surface area contributed by atoms with E-state index < -0.39 is 20.2 Å². The van der Waals surface area contributed by atoms with Gasteiger partial charge in [-0.05, 0) is 6.42 Å². The van der Waals surface area contributed by atoms with Crippen LogP contribution in [0.2, 0.25) is 0 Å². The van der Waals surface area contributed by atoms with E-state index in [1.165, 1.54) is 0 Å². The number of rotatable bonds is 10. The SMILES string of the molecule is CCCCCCCCCC(N)(P(=O)(O)O)P(=O)(O)O.[Na]. The summed E-state index contributed by atoms with van der Waals surface area (Å²) in [6.07, 6.45) is 5.82. The Morgan fingerprint density at radius 1 is 0.850 bits per heavy atom. The molecule has 0 bridgehead atoms. The molecule has 0 aliphatic heterocycles. The molecule has 0 spiro atoms. The first-order chi connectivity index (χ1) is 8.56. The van der Waals surface area contributed by atoms with Crippen molar-refractivity contribution in [2.24, 2.45) is 5.73 Å². The second-order valence-electron chi connectivity index (χ2n) is 4.84. The van der Waals surface area contributed by atoms with E-state index in [1.54, 1.807) is 0 Å². The first kappa shape index (κ1) is 23.5. The van der Waals surface area contributed by atoms with Crippen LogP contribution < -0.4 is 5.73 Å². The van der Waals surface area contributed by atoms with Gasteiger partial charge in [0.15, 0.2) is 0 Å². The van der Waals surface area contributed by atoms with Gasteiger partial charge in [0.2, 0.25) is 5.02 Å². The molecule has 20 heavy (non-hydrogen) atoms. The predicted molar refractivity (Wildman–Crippen MR) is 79.4 cm³/mol. The van der Waals surface area contributed by atoms with Gasteiger partial charge in [0, 0.05) is 29.6 Å². The second kappa shape index (κ2) is 10.1. The van der Waals surface area contributed by atoms with Crippen LogP contribution in [0.3, 0.4) is 0 Å². The molecule has 1 radical (unpaired) electrons. The molecule has 0 aliphatic rings. The van der Waals surface area contributed by atoms with E-state index in [9.17, 15) is 9.13 Å². The van der Waals surface area contributed by atoms with E-state index in [1.807, 2.05) is 0 Å². The Morgan fingerprint density at radius 2 is 1.20 bits per heavy atom. The Balaban J connectivity index is 0. The fourth-order valence-corrected chi connectivity index (χ4v) is 4.06. The van der Waals surface area contributed by atoms with Gasteiger partial charge in [-0.1, -0.05) is 51.9 Å². The summed E-state index contributed by atoms with van der Waals surface area (Å²) in [6, 6.07) is 0. The van der Waals surface area contributed by atoms with Crippen LogP contribution in [0.25, 0.3) is 0 Å². The summed E-state index contributed by atoms with van der Waals surface area (Å²) < 4.78 is 22.4. The zero-order valence-corrected chi connectivity index (χ0v) is 16.0. The number of nitrogens with two attached hydrogens (primary N) is 1. The summed E-state index contributed by atoms with van der Waals surface area (Å²) in [5, 5.41) is -2.75. The van der Waals surface area contributed by atoms with Gasteiger partial charge in [0.05, 0.1) is 0 Å². The van der Waals surface area contributed by atoms with Crippen molar-refractivity contribution in [2.45, 2.75) is 63.3 Å². The molecule has 0 aromatic heterocycles. The van der Waals surface area contributed by atoms with E-state index in [0.717, 1.165) is 32.1 Å². The Hall–Kier alpha value is 1.26. The van der Waals surface area contributed by atoms with Gasteiger partial charge in [-0.25, -0.2) is 0 Å². The second-order valence-corrected chi connectivity index (χ2v) is 8.96. The van der Waals surface area contributed by atoms with Crippen LogP contribution in [-0.4, -0.2) is 54.2 Å². The summed E-state index contributed by atoms with van der Waals surface area (Å²) in [5.41, 5.74) is 5.29. The summed E-state index contributed by atoms with van der Waals surface area (Å²) in [4.78, 5) is 36.2.